The summed E-state index contributed by atoms with van der Waals surface area (Å²) in [6, 6.07) is 0.693. The molecule has 0 aliphatic heterocycles. The molecule has 0 spiro atoms. The van der Waals surface area contributed by atoms with E-state index < -0.39 is 0 Å². The molecule has 18 heavy (non-hydrogen) atoms. The average molecular weight is 249 g/mol. The van der Waals surface area contributed by atoms with Gasteiger partial charge < -0.3 is 9.84 Å². The summed E-state index contributed by atoms with van der Waals surface area (Å²) in [4.78, 5) is 4.59. The van der Waals surface area contributed by atoms with Gasteiger partial charge in [0.05, 0.1) is 6.54 Å². The van der Waals surface area contributed by atoms with Crippen molar-refractivity contribution in [2.75, 3.05) is 0 Å². The molecule has 1 unspecified atom stereocenters. The van der Waals surface area contributed by atoms with Gasteiger partial charge in [-0.25, -0.2) is 0 Å². The number of nitrogens with one attached hydrogen (secondary N) is 1. The molecular formula is C14H23N3O. The Morgan fingerprint density at radius 1 is 1.28 bits per heavy atom. The first kappa shape index (κ1) is 12.2. The van der Waals surface area contributed by atoms with Crippen LogP contribution in [0.4, 0.5) is 0 Å². The van der Waals surface area contributed by atoms with Crippen LogP contribution < -0.4 is 5.32 Å². The lowest BCUT2D eigenvalue weighted by atomic mass is 9.69. The van der Waals surface area contributed by atoms with Crippen LogP contribution in [0, 0.1) is 5.41 Å². The van der Waals surface area contributed by atoms with Gasteiger partial charge in [0.25, 0.3) is 0 Å². The summed E-state index contributed by atoms with van der Waals surface area (Å²) >= 11 is 0. The normalized spacial score (nSPS) is 27.3. The second-order valence-corrected chi connectivity index (χ2v) is 6.49. The first-order chi connectivity index (χ1) is 8.65. The third-order valence-electron chi connectivity index (χ3n) is 4.42. The van der Waals surface area contributed by atoms with Crippen molar-refractivity contribution in [3.05, 3.63) is 11.7 Å². The Morgan fingerprint density at radius 2 is 2.11 bits per heavy atom. The van der Waals surface area contributed by atoms with Crippen LogP contribution in [-0.2, 0) is 6.54 Å². The van der Waals surface area contributed by atoms with E-state index in [2.05, 4.69) is 29.3 Å². The van der Waals surface area contributed by atoms with E-state index in [1.165, 1.54) is 38.5 Å². The van der Waals surface area contributed by atoms with Crippen molar-refractivity contribution in [3.8, 4) is 0 Å². The fourth-order valence-corrected chi connectivity index (χ4v) is 2.96. The van der Waals surface area contributed by atoms with Gasteiger partial charge >= 0.3 is 0 Å². The van der Waals surface area contributed by atoms with Crippen molar-refractivity contribution in [2.45, 2.75) is 70.9 Å². The summed E-state index contributed by atoms with van der Waals surface area (Å²) in [6.07, 6.45) is 7.64. The fourth-order valence-electron chi connectivity index (χ4n) is 2.96. The Morgan fingerprint density at radius 3 is 2.83 bits per heavy atom. The first-order valence-electron chi connectivity index (χ1n) is 7.21. The highest BCUT2D eigenvalue weighted by atomic mass is 16.5. The van der Waals surface area contributed by atoms with E-state index >= 15 is 0 Å². The number of hydrogen-bond donors (Lipinski definition) is 1. The minimum Gasteiger partial charge on any atom is -0.339 e. The van der Waals surface area contributed by atoms with E-state index in [4.69, 9.17) is 4.52 Å². The average Bonchev–Trinajstić information content (AvgIpc) is 3.05. The molecule has 2 fully saturated rings. The summed E-state index contributed by atoms with van der Waals surface area (Å²) in [5.74, 6) is 2.11. The van der Waals surface area contributed by atoms with Crippen LogP contribution in [0.5, 0.6) is 0 Å². The van der Waals surface area contributed by atoms with Crippen molar-refractivity contribution >= 4 is 0 Å². The maximum absolute atomic E-state index is 5.49. The van der Waals surface area contributed by atoms with Crippen LogP contribution in [0.15, 0.2) is 4.52 Å². The molecule has 0 aromatic carbocycles. The molecule has 1 aromatic rings. The van der Waals surface area contributed by atoms with E-state index in [-0.39, 0.29) is 0 Å². The predicted octanol–water partition coefficient (Wildman–Crippen LogP) is 3.01. The molecule has 0 radical (unpaired) electrons. The zero-order chi connectivity index (χ0) is 12.6. The molecule has 0 bridgehead atoms. The van der Waals surface area contributed by atoms with Gasteiger partial charge in [-0.2, -0.15) is 4.98 Å². The second-order valence-electron chi connectivity index (χ2n) is 6.49. The van der Waals surface area contributed by atoms with Crippen molar-refractivity contribution in [1.82, 2.24) is 15.5 Å². The number of rotatable bonds is 4. The van der Waals surface area contributed by atoms with Gasteiger partial charge in [-0.1, -0.05) is 31.8 Å². The Kier molecular flexibility index (Phi) is 3.14. The summed E-state index contributed by atoms with van der Waals surface area (Å²) in [5, 5.41) is 7.53. The second kappa shape index (κ2) is 4.65. The fraction of sp³-hybridized carbons (Fsp3) is 0.857. The van der Waals surface area contributed by atoms with Crippen molar-refractivity contribution < 1.29 is 4.52 Å². The molecule has 0 amide bonds. The van der Waals surface area contributed by atoms with Crippen molar-refractivity contribution in [3.63, 3.8) is 0 Å². The predicted molar refractivity (Wildman–Crippen MR) is 69.1 cm³/mol. The zero-order valence-corrected chi connectivity index (χ0v) is 11.4. The molecule has 1 heterocycles. The van der Waals surface area contributed by atoms with Crippen LogP contribution in [-0.4, -0.2) is 16.2 Å². The molecule has 1 aromatic heterocycles. The van der Waals surface area contributed by atoms with Gasteiger partial charge in [-0.15, -0.1) is 0 Å². The first-order valence-corrected chi connectivity index (χ1v) is 7.21. The van der Waals surface area contributed by atoms with Crippen LogP contribution in [0.25, 0.3) is 0 Å². The molecule has 100 valence electrons. The smallest absolute Gasteiger partial charge is 0.230 e. The van der Waals surface area contributed by atoms with E-state index in [1.54, 1.807) is 0 Å². The standard InChI is InChI=1S/C14H23N3O/c1-14(2)8-4-3-5-11(14)13-16-12(17-18-13)9-15-10-6-7-10/h10-11,15H,3-9H2,1-2H3. The largest absolute Gasteiger partial charge is 0.339 e. The minimum absolute atomic E-state index is 0.298. The SMILES string of the molecule is CC1(C)CCCCC1c1nc(CNC2CC2)no1. The topological polar surface area (TPSA) is 51.0 Å². The molecule has 2 aliphatic carbocycles. The van der Waals surface area contributed by atoms with E-state index in [9.17, 15) is 0 Å². The zero-order valence-electron chi connectivity index (χ0n) is 11.4. The van der Waals surface area contributed by atoms with Crippen LogP contribution in [0.3, 0.4) is 0 Å². The number of aromatic nitrogens is 2. The lowest BCUT2D eigenvalue weighted by Crippen LogP contribution is -2.26. The minimum atomic E-state index is 0.298. The molecule has 1 atom stereocenters. The van der Waals surface area contributed by atoms with Gasteiger partial charge in [0, 0.05) is 12.0 Å². The highest BCUT2D eigenvalue weighted by Gasteiger charge is 2.37. The molecule has 2 aliphatic rings. The van der Waals surface area contributed by atoms with Crippen LogP contribution in [0.2, 0.25) is 0 Å². The van der Waals surface area contributed by atoms with Crippen LogP contribution >= 0.6 is 0 Å². The van der Waals surface area contributed by atoms with Gasteiger partial charge in [-0.3, -0.25) is 0 Å². The summed E-state index contributed by atoms with van der Waals surface area (Å²) in [5.41, 5.74) is 0.298. The summed E-state index contributed by atoms with van der Waals surface area (Å²) in [7, 11) is 0. The maximum Gasteiger partial charge on any atom is 0.230 e. The number of nitrogens with zero attached hydrogens (tertiary/aromatic N) is 2. The van der Waals surface area contributed by atoms with Crippen molar-refractivity contribution in [1.29, 1.82) is 0 Å². The molecule has 2 saturated carbocycles. The molecule has 3 rings (SSSR count). The quantitative estimate of drug-likeness (QED) is 0.891. The monoisotopic (exact) mass is 249 g/mol. The maximum atomic E-state index is 5.49. The molecule has 1 N–H and O–H groups in total. The lowest BCUT2D eigenvalue weighted by molar-refractivity contribution is 0.164. The highest BCUT2D eigenvalue weighted by Crippen LogP contribution is 2.46. The molecule has 4 nitrogen and oxygen atoms in total. The van der Waals surface area contributed by atoms with Gasteiger partial charge in [0.15, 0.2) is 5.82 Å². The Balaban J connectivity index is 1.67. The van der Waals surface area contributed by atoms with Gasteiger partial charge in [0.1, 0.15) is 0 Å². The van der Waals surface area contributed by atoms with E-state index in [0.717, 1.165) is 18.3 Å². The van der Waals surface area contributed by atoms with Gasteiger partial charge in [-0.05, 0) is 31.1 Å². The summed E-state index contributed by atoms with van der Waals surface area (Å²) < 4.78 is 5.49. The molecule has 0 saturated heterocycles. The Hall–Kier alpha value is -0.900. The molecule has 4 heteroatoms. The van der Waals surface area contributed by atoms with E-state index in [0.29, 0.717) is 17.4 Å². The summed E-state index contributed by atoms with van der Waals surface area (Å²) in [6.45, 7) is 5.40. The highest BCUT2D eigenvalue weighted by molar-refractivity contribution is 5.02. The van der Waals surface area contributed by atoms with E-state index in [1.807, 2.05) is 0 Å². The Bertz CT molecular complexity index is 409. The third kappa shape index (κ3) is 2.58. The van der Waals surface area contributed by atoms with Crippen LogP contribution in [0.1, 0.15) is 70.0 Å². The lowest BCUT2D eigenvalue weighted by Gasteiger charge is -2.36. The van der Waals surface area contributed by atoms with Crippen molar-refractivity contribution in [2.24, 2.45) is 5.41 Å². The molecular weight excluding hydrogens is 226 g/mol. The van der Waals surface area contributed by atoms with Gasteiger partial charge in [0.2, 0.25) is 5.89 Å². The number of hydrogen-bond acceptors (Lipinski definition) is 4. The Labute approximate surface area is 109 Å². The third-order valence-corrected chi connectivity index (χ3v) is 4.42.